The van der Waals surface area contributed by atoms with Crippen LogP contribution in [0, 0.1) is 5.82 Å². The van der Waals surface area contributed by atoms with Crippen molar-refractivity contribution in [3.8, 4) is 0 Å². The first-order valence-electron chi connectivity index (χ1n) is 9.00. The van der Waals surface area contributed by atoms with Gasteiger partial charge in [-0.25, -0.2) is 9.18 Å². The number of benzene rings is 1. The molecule has 1 aromatic carbocycles. The summed E-state index contributed by atoms with van der Waals surface area (Å²) in [7, 11) is 0. The maximum atomic E-state index is 12.8. The normalized spacial score (nSPS) is 10.6. The summed E-state index contributed by atoms with van der Waals surface area (Å²) >= 11 is 0. The Morgan fingerprint density at radius 1 is 1.00 bits per heavy atom. The molecule has 0 saturated carbocycles. The maximum absolute atomic E-state index is 12.8. The molecule has 9 nitrogen and oxygen atoms in total. The summed E-state index contributed by atoms with van der Waals surface area (Å²) in [4.78, 5) is 46.3. The van der Waals surface area contributed by atoms with E-state index in [1.54, 1.807) is 20.8 Å². The second kappa shape index (κ2) is 11.6. The summed E-state index contributed by atoms with van der Waals surface area (Å²) in [6.07, 6.45) is -0.252. The fourth-order valence-electron chi connectivity index (χ4n) is 1.92. The van der Waals surface area contributed by atoms with Crippen molar-refractivity contribution in [2.24, 2.45) is 0 Å². The van der Waals surface area contributed by atoms with E-state index < -0.39 is 41.9 Å². The van der Waals surface area contributed by atoms with Gasteiger partial charge in [-0.05, 0) is 51.5 Å². The molecular weight excluding hydrogens is 385 g/mol. The van der Waals surface area contributed by atoms with Gasteiger partial charge in [-0.15, -0.1) is 0 Å². The minimum atomic E-state index is -0.639. The minimum absolute atomic E-state index is 0.00807. The van der Waals surface area contributed by atoms with E-state index in [4.69, 9.17) is 9.47 Å². The Hall–Kier alpha value is -3.17. The average Bonchev–Trinajstić information content (AvgIpc) is 2.62. The predicted octanol–water partition coefficient (Wildman–Crippen LogP) is 1.73. The van der Waals surface area contributed by atoms with E-state index in [1.807, 2.05) is 0 Å². The lowest BCUT2D eigenvalue weighted by molar-refractivity contribution is -0.148. The van der Waals surface area contributed by atoms with Crippen molar-refractivity contribution in [2.75, 3.05) is 25.0 Å². The number of esters is 1. The Morgan fingerprint density at radius 3 is 2.28 bits per heavy atom. The van der Waals surface area contributed by atoms with E-state index >= 15 is 0 Å². The van der Waals surface area contributed by atoms with E-state index in [-0.39, 0.29) is 19.5 Å². The third-order valence-corrected chi connectivity index (χ3v) is 3.16. The van der Waals surface area contributed by atoms with Gasteiger partial charge < -0.3 is 25.4 Å². The Balaban J connectivity index is 2.12. The van der Waals surface area contributed by atoms with Crippen molar-refractivity contribution >= 4 is 29.6 Å². The van der Waals surface area contributed by atoms with E-state index in [0.717, 1.165) is 0 Å². The number of anilines is 1. The Labute approximate surface area is 168 Å². The molecule has 10 heteroatoms. The Kier molecular flexibility index (Phi) is 9.57. The first-order chi connectivity index (χ1) is 13.5. The number of nitrogens with one attached hydrogen (secondary N) is 3. The zero-order chi connectivity index (χ0) is 21.9. The van der Waals surface area contributed by atoms with Crippen LogP contribution in [-0.4, -0.2) is 49.2 Å². The molecule has 0 bridgehead atoms. The standard InChI is InChI=1S/C19H26FN3O6/c1-19(2,3)29-18(27)21-10-4-5-17(26)28-12-16(25)22-11-15(24)23-14-8-6-13(20)7-9-14/h6-9H,4-5,10-12H2,1-3H3,(H,21,27)(H,22,25)(H,23,24). The summed E-state index contributed by atoms with van der Waals surface area (Å²) < 4.78 is 22.6. The second-order valence-corrected chi connectivity index (χ2v) is 7.02. The van der Waals surface area contributed by atoms with Gasteiger partial charge in [0.1, 0.15) is 11.4 Å². The van der Waals surface area contributed by atoms with Crippen LogP contribution in [0.4, 0.5) is 14.9 Å². The van der Waals surface area contributed by atoms with E-state index in [9.17, 15) is 23.6 Å². The molecule has 1 rings (SSSR count). The molecule has 3 amide bonds. The summed E-state index contributed by atoms with van der Waals surface area (Å²) in [5.74, 6) is -2.19. The summed E-state index contributed by atoms with van der Waals surface area (Å²) in [6.45, 7) is 4.58. The van der Waals surface area contributed by atoms with Crippen LogP contribution >= 0.6 is 0 Å². The molecule has 0 aliphatic carbocycles. The molecule has 1 aromatic rings. The van der Waals surface area contributed by atoms with Gasteiger partial charge in [-0.1, -0.05) is 0 Å². The molecule has 0 radical (unpaired) electrons. The number of halogens is 1. The van der Waals surface area contributed by atoms with Crippen LogP contribution in [0.3, 0.4) is 0 Å². The van der Waals surface area contributed by atoms with Crippen LogP contribution in [0.2, 0.25) is 0 Å². The highest BCUT2D eigenvalue weighted by Gasteiger charge is 2.15. The number of ether oxygens (including phenoxy) is 2. The van der Waals surface area contributed by atoms with Crippen LogP contribution in [0.1, 0.15) is 33.6 Å². The van der Waals surface area contributed by atoms with Crippen LogP contribution < -0.4 is 16.0 Å². The highest BCUT2D eigenvalue weighted by molar-refractivity contribution is 5.94. The highest BCUT2D eigenvalue weighted by Crippen LogP contribution is 2.08. The van der Waals surface area contributed by atoms with Gasteiger partial charge in [0.2, 0.25) is 5.91 Å². The lowest BCUT2D eigenvalue weighted by Crippen LogP contribution is -2.35. The van der Waals surface area contributed by atoms with Crippen LogP contribution in [-0.2, 0) is 23.9 Å². The SMILES string of the molecule is CC(C)(C)OC(=O)NCCCC(=O)OCC(=O)NCC(=O)Nc1ccc(F)cc1. The fraction of sp³-hybridized carbons (Fsp3) is 0.474. The highest BCUT2D eigenvalue weighted by atomic mass is 19.1. The molecule has 0 aliphatic rings. The van der Waals surface area contributed by atoms with Gasteiger partial charge in [0.05, 0.1) is 6.54 Å². The average molecular weight is 411 g/mol. The molecule has 29 heavy (non-hydrogen) atoms. The van der Waals surface area contributed by atoms with Gasteiger partial charge in [0, 0.05) is 18.7 Å². The number of carbonyl (C=O) groups excluding carboxylic acids is 4. The van der Waals surface area contributed by atoms with Crippen molar-refractivity contribution in [1.29, 1.82) is 0 Å². The van der Waals surface area contributed by atoms with Gasteiger partial charge >= 0.3 is 12.1 Å². The van der Waals surface area contributed by atoms with Crippen molar-refractivity contribution < 1.29 is 33.0 Å². The van der Waals surface area contributed by atoms with Crippen molar-refractivity contribution in [3.63, 3.8) is 0 Å². The molecule has 0 aliphatic heterocycles. The summed E-state index contributed by atoms with van der Waals surface area (Å²) in [5.41, 5.74) is -0.219. The van der Waals surface area contributed by atoms with Crippen LogP contribution in [0.25, 0.3) is 0 Å². The molecule has 0 aromatic heterocycles. The quantitative estimate of drug-likeness (QED) is 0.420. The van der Waals surface area contributed by atoms with Crippen LogP contribution in [0.15, 0.2) is 24.3 Å². The van der Waals surface area contributed by atoms with Gasteiger partial charge in [0.25, 0.3) is 5.91 Å². The molecule has 0 fully saturated rings. The molecule has 3 N–H and O–H groups in total. The number of hydrogen-bond acceptors (Lipinski definition) is 6. The zero-order valence-corrected chi connectivity index (χ0v) is 16.7. The number of hydrogen-bond donors (Lipinski definition) is 3. The smallest absolute Gasteiger partial charge is 0.407 e. The second-order valence-electron chi connectivity index (χ2n) is 7.02. The molecular formula is C19H26FN3O6. The minimum Gasteiger partial charge on any atom is -0.456 e. The lowest BCUT2D eigenvalue weighted by atomic mass is 10.2. The molecule has 0 unspecified atom stereocenters. The third kappa shape index (κ3) is 12.0. The Morgan fingerprint density at radius 2 is 1.66 bits per heavy atom. The van der Waals surface area contributed by atoms with E-state index in [1.165, 1.54) is 24.3 Å². The van der Waals surface area contributed by atoms with Gasteiger partial charge in [0.15, 0.2) is 6.61 Å². The monoisotopic (exact) mass is 411 g/mol. The molecule has 0 spiro atoms. The number of amides is 3. The zero-order valence-electron chi connectivity index (χ0n) is 16.7. The van der Waals surface area contributed by atoms with Crippen molar-refractivity contribution in [2.45, 2.75) is 39.2 Å². The molecule has 0 atom stereocenters. The first-order valence-corrected chi connectivity index (χ1v) is 9.00. The number of rotatable bonds is 9. The largest absolute Gasteiger partial charge is 0.456 e. The predicted molar refractivity (Wildman–Crippen MR) is 102 cm³/mol. The number of carbonyl (C=O) groups is 4. The molecule has 160 valence electrons. The third-order valence-electron chi connectivity index (χ3n) is 3.16. The van der Waals surface area contributed by atoms with E-state index in [0.29, 0.717) is 12.1 Å². The Bertz CT molecular complexity index is 716. The van der Waals surface area contributed by atoms with E-state index in [2.05, 4.69) is 16.0 Å². The van der Waals surface area contributed by atoms with Gasteiger partial charge in [-0.3, -0.25) is 14.4 Å². The lowest BCUT2D eigenvalue weighted by Gasteiger charge is -2.19. The first kappa shape index (κ1) is 23.9. The van der Waals surface area contributed by atoms with Crippen LogP contribution in [0.5, 0.6) is 0 Å². The molecule has 0 saturated heterocycles. The maximum Gasteiger partial charge on any atom is 0.407 e. The number of alkyl carbamates (subject to hydrolysis) is 1. The van der Waals surface area contributed by atoms with Crippen molar-refractivity contribution in [3.05, 3.63) is 30.1 Å². The summed E-state index contributed by atoms with van der Waals surface area (Å²) in [5, 5.41) is 7.27. The topological polar surface area (TPSA) is 123 Å². The fourth-order valence-corrected chi connectivity index (χ4v) is 1.92. The van der Waals surface area contributed by atoms with Gasteiger partial charge in [-0.2, -0.15) is 0 Å². The molecule has 0 heterocycles. The van der Waals surface area contributed by atoms with Crippen molar-refractivity contribution in [1.82, 2.24) is 10.6 Å². The summed E-state index contributed by atoms with van der Waals surface area (Å²) in [6, 6.07) is 5.15.